The van der Waals surface area contributed by atoms with Gasteiger partial charge in [-0.2, -0.15) is 0 Å². The molecular formula is C18H22N2O4. The highest BCUT2D eigenvalue weighted by atomic mass is 16.7. The molecule has 0 unspecified atom stereocenters. The number of rotatable bonds is 0. The number of hydrogen-bond acceptors (Lipinski definition) is 6. The standard InChI is InChI=1S/C18H22N2O4/c1-17(2)23-15(21)18(16(22)24-17)10-12-6-4-5-7-13(12)20-9-8-19(3)11-14(18)20/h4-7,14H,8-11H2,1-3H3/t14-/m0/s1. The van der Waals surface area contributed by atoms with Crippen LogP contribution in [-0.4, -0.2) is 55.3 Å². The Hall–Kier alpha value is -2.08. The molecule has 128 valence electrons. The van der Waals surface area contributed by atoms with Crippen molar-refractivity contribution < 1.29 is 19.1 Å². The Kier molecular flexibility index (Phi) is 3.19. The van der Waals surface area contributed by atoms with Crippen LogP contribution in [0.4, 0.5) is 5.69 Å². The molecule has 6 nitrogen and oxygen atoms in total. The maximum absolute atomic E-state index is 13.0. The van der Waals surface area contributed by atoms with E-state index in [2.05, 4.69) is 15.9 Å². The van der Waals surface area contributed by atoms with Gasteiger partial charge in [0.25, 0.3) is 5.79 Å². The SMILES string of the molecule is CN1CCN2c3ccccc3CC3(C(=O)OC(C)(C)OC3=O)[C@@H]2C1. The number of hydrogen-bond donors (Lipinski definition) is 0. The summed E-state index contributed by atoms with van der Waals surface area (Å²) >= 11 is 0. The van der Waals surface area contributed by atoms with Gasteiger partial charge in [-0.3, -0.25) is 9.59 Å². The van der Waals surface area contributed by atoms with Crippen LogP contribution in [0.1, 0.15) is 19.4 Å². The number of nitrogens with zero attached hydrogens (tertiary/aromatic N) is 2. The summed E-state index contributed by atoms with van der Waals surface area (Å²) in [7, 11) is 2.01. The van der Waals surface area contributed by atoms with E-state index in [4.69, 9.17) is 9.47 Å². The molecule has 1 aromatic rings. The largest absolute Gasteiger partial charge is 0.422 e. The summed E-state index contributed by atoms with van der Waals surface area (Å²) in [6.07, 6.45) is 0.325. The predicted molar refractivity (Wildman–Crippen MR) is 87.5 cm³/mol. The van der Waals surface area contributed by atoms with Crippen LogP contribution >= 0.6 is 0 Å². The summed E-state index contributed by atoms with van der Waals surface area (Å²) in [5.41, 5.74) is 0.803. The van der Waals surface area contributed by atoms with E-state index in [1.54, 1.807) is 13.8 Å². The quantitative estimate of drug-likeness (QED) is 0.526. The molecule has 0 bridgehead atoms. The zero-order chi connectivity index (χ0) is 17.1. The van der Waals surface area contributed by atoms with Crippen molar-refractivity contribution in [3.8, 4) is 0 Å². The van der Waals surface area contributed by atoms with Crippen LogP contribution in [0.15, 0.2) is 24.3 Å². The first kappa shape index (κ1) is 15.4. The molecule has 1 aromatic carbocycles. The third-order valence-electron chi connectivity index (χ3n) is 5.33. The Morgan fingerprint density at radius 1 is 1.08 bits per heavy atom. The summed E-state index contributed by atoms with van der Waals surface area (Å²) in [4.78, 5) is 30.3. The number of esters is 2. The van der Waals surface area contributed by atoms with Gasteiger partial charge in [-0.25, -0.2) is 0 Å². The number of fused-ring (bicyclic) bond motifs is 4. The number of piperazine rings is 1. The van der Waals surface area contributed by atoms with Gasteiger partial charge < -0.3 is 19.3 Å². The fourth-order valence-corrected chi connectivity index (χ4v) is 4.14. The molecule has 4 rings (SSSR count). The van der Waals surface area contributed by atoms with Gasteiger partial charge in [0, 0.05) is 45.6 Å². The number of para-hydroxylation sites is 1. The molecular weight excluding hydrogens is 308 g/mol. The summed E-state index contributed by atoms with van der Waals surface area (Å²) in [6.45, 7) is 5.47. The lowest BCUT2D eigenvalue weighted by Crippen LogP contribution is -2.70. The maximum atomic E-state index is 13.0. The Balaban J connectivity index is 1.85. The van der Waals surface area contributed by atoms with E-state index >= 15 is 0 Å². The molecule has 0 saturated carbocycles. The van der Waals surface area contributed by atoms with Gasteiger partial charge in [-0.1, -0.05) is 18.2 Å². The number of cyclic esters (lactones) is 2. The van der Waals surface area contributed by atoms with Crippen LogP contribution in [0.3, 0.4) is 0 Å². The van der Waals surface area contributed by atoms with Gasteiger partial charge in [-0.05, 0) is 18.7 Å². The fraction of sp³-hybridized carbons (Fsp3) is 0.556. The summed E-state index contributed by atoms with van der Waals surface area (Å²) in [6, 6.07) is 7.69. The van der Waals surface area contributed by atoms with Crippen molar-refractivity contribution in [2.24, 2.45) is 5.41 Å². The van der Waals surface area contributed by atoms with Crippen molar-refractivity contribution >= 4 is 17.6 Å². The molecule has 1 spiro atoms. The summed E-state index contributed by atoms with van der Waals surface area (Å²) in [5.74, 6) is -2.14. The molecule has 2 saturated heterocycles. The van der Waals surface area contributed by atoms with E-state index < -0.39 is 23.1 Å². The van der Waals surface area contributed by atoms with E-state index in [1.807, 2.05) is 25.2 Å². The minimum Gasteiger partial charge on any atom is -0.422 e. The maximum Gasteiger partial charge on any atom is 0.329 e. The predicted octanol–water partition coefficient (Wildman–Crippen LogP) is 1.19. The van der Waals surface area contributed by atoms with Crippen molar-refractivity contribution in [2.45, 2.75) is 32.1 Å². The first-order valence-corrected chi connectivity index (χ1v) is 8.33. The average Bonchev–Trinajstić information content (AvgIpc) is 2.51. The lowest BCUT2D eigenvalue weighted by Gasteiger charge is -2.54. The Morgan fingerprint density at radius 2 is 1.75 bits per heavy atom. The third kappa shape index (κ3) is 2.05. The second-order valence-electron chi connectivity index (χ2n) is 7.43. The molecule has 3 aliphatic rings. The molecule has 0 aliphatic carbocycles. The highest BCUT2D eigenvalue weighted by Gasteiger charge is 2.64. The molecule has 0 N–H and O–H groups in total. The molecule has 0 radical (unpaired) electrons. The minimum atomic E-state index is -1.29. The van der Waals surface area contributed by atoms with Crippen LogP contribution in [-0.2, 0) is 25.5 Å². The topological polar surface area (TPSA) is 59.1 Å². The van der Waals surface area contributed by atoms with Gasteiger partial charge in [0.05, 0.1) is 6.04 Å². The minimum absolute atomic E-state index is 0.276. The molecule has 24 heavy (non-hydrogen) atoms. The van der Waals surface area contributed by atoms with Crippen LogP contribution in [0, 0.1) is 5.41 Å². The first-order chi connectivity index (χ1) is 11.3. The van der Waals surface area contributed by atoms with Crippen molar-refractivity contribution in [1.29, 1.82) is 0 Å². The zero-order valence-electron chi connectivity index (χ0n) is 14.2. The van der Waals surface area contributed by atoms with E-state index in [-0.39, 0.29) is 6.04 Å². The van der Waals surface area contributed by atoms with Crippen LogP contribution < -0.4 is 4.90 Å². The van der Waals surface area contributed by atoms with Crippen molar-refractivity contribution in [1.82, 2.24) is 4.90 Å². The molecule has 0 aromatic heterocycles. The first-order valence-electron chi connectivity index (χ1n) is 8.33. The summed E-state index contributed by atoms with van der Waals surface area (Å²) < 4.78 is 11.0. The molecule has 6 heteroatoms. The second kappa shape index (κ2) is 4.96. The Morgan fingerprint density at radius 3 is 2.46 bits per heavy atom. The van der Waals surface area contributed by atoms with Crippen molar-refractivity contribution in [2.75, 3.05) is 31.6 Å². The number of carbonyl (C=O) groups excluding carboxylic acids is 2. The van der Waals surface area contributed by atoms with E-state index in [0.29, 0.717) is 13.0 Å². The fourth-order valence-electron chi connectivity index (χ4n) is 4.14. The highest BCUT2D eigenvalue weighted by molar-refractivity contribution is 6.04. The van der Waals surface area contributed by atoms with Crippen LogP contribution in [0.5, 0.6) is 0 Å². The summed E-state index contributed by atoms with van der Waals surface area (Å²) in [5, 5.41) is 0. The average molecular weight is 330 g/mol. The smallest absolute Gasteiger partial charge is 0.329 e. The molecule has 1 atom stereocenters. The molecule has 3 heterocycles. The van der Waals surface area contributed by atoms with Gasteiger partial charge in [0.1, 0.15) is 0 Å². The number of carbonyl (C=O) groups is 2. The Bertz CT molecular complexity index is 695. The van der Waals surface area contributed by atoms with Gasteiger partial charge in [0.2, 0.25) is 0 Å². The normalized spacial score (nSPS) is 28.0. The van der Waals surface area contributed by atoms with Gasteiger partial charge >= 0.3 is 11.9 Å². The third-order valence-corrected chi connectivity index (χ3v) is 5.33. The number of ether oxygens (including phenoxy) is 2. The number of benzene rings is 1. The van der Waals surface area contributed by atoms with Crippen LogP contribution in [0.25, 0.3) is 0 Å². The number of anilines is 1. The van der Waals surface area contributed by atoms with Crippen molar-refractivity contribution in [3.05, 3.63) is 29.8 Å². The molecule has 0 amide bonds. The van der Waals surface area contributed by atoms with Crippen LogP contribution in [0.2, 0.25) is 0 Å². The monoisotopic (exact) mass is 330 g/mol. The lowest BCUT2D eigenvalue weighted by molar-refractivity contribution is -0.253. The second-order valence-corrected chi connectivity index (χ2v) is 7.43. The van der Waals surface area contributed by atoms with Crippen molar-refractivity contribution in [3.63, 3.8) is 0 Å². The Labute approximate surface area is 141 Å². The highest BCUT2D eigenvalue weighted by Crippen LogP contribution is 2.47. The van der Waals surface area contributed by atoms with E-state index in [0.717, 1.165) is 24.3 Å². The molecule has 2 fully saturated rings. The molecule has 3 aliphatic heterocycles. The van der Waals surface area contributed by atoms with E-state index in [9.17, 15) is 9.59 Å². The van der Waals surface area contributed by atoms with Gasteiger partial charge in [0.15, 0.2) is 5.41 Å². The van der Waals surface area contributed by atoms with Gasteiger partial charge in [-0.15, -0.1) is 0 Å². The zero-order valence-corrected chi connectivity index (χ0v) is 14.2. The number of likely N-dealkylation sites (N-methyl/N-ethyl adjacent to an activating group) is 1. The van der Waals surface area contributed by atoms with E-state index in [1.165, 1.54) is 0 Å². The lowest BCUT2D eigenvalue weighted by atomic mass is 9.69.